The van der Waals surface area contributed by atoms with Crippen molar-refractivity contribution in [2.24, 2.45) is 0 Å². The minimum absolute atomic E-state index is 0.0988. The maximum atomic E-state index is 10.6. The van der Waals surface area contributed by atoms with E-state index in [1.165, 1.54) is 0 Å². The van der Waals surface area contributed by atoms with Gasteiger partial charge >= 0.3 is 0 Å². The lowest BCUT2D eigenvalue weighted by Gasteiger charge is -2.36. The van der Waals surface area contributed by atoms with Crippen molar-refractivity contribution in [3.05, 3.63) is 5.92 Å². The first-order chi connectivity index (χ1) is 4.74. The highest BCUT2D eigenvalue weighted by atomic mass is 16.2. The van der Waals surface area contributed by atoms with Gasteiger partial charge in [-0.3, -0.25) is 4.79 Å². The van der Waals surface area contributed by atoms with Crippen molar-refractivity contribution >= 4 is 5.91 Å². The first kappa shape index (κ1) is 7.07. The van der Waals surface area contributed by atoms with Gasteiger partial charge < -0.3 is 4.90 Å². The van der Waals surface area contributed by atoms with Gasteiger partial charge in [0.1, 0.15) is 0 Å². The van der Waals surface area contributed by atoms with Gasteiger partial charge in [0.05, 0.1) is 6.07 Å². The highest BCUT2D eigenvalue weighted by Crippen LogP contribution is 2.19. The van der Waals surface area contributed by atoms with Gasteiger partial charge in [-0.2, -0.15) is 5.26 Å². The maximum absolute atomic E-state index is 10.6. The van der Waals surface area contributed by atoms with Crippen molar-refractivity contribution in [2.45, 2.75) is 13.3 Å². The van der Waals surface area contributed by atoms with Crippen LogP contribution in [0.5, 0.6) is 0 Å². The fourth-order valence-electron chi connectivity index (χ4n) is 0.940. The lowest BCUT2D eigenvalue weighted by atomic mass is 9.97. The monoisotopic (exact) mass is 137 g/mol. The zero-order chi connectivity index (χ0) is 7.56. The van der Waals surface area contributed by atoms with Crippen molar-refractivity contribution in [1.29, 1.82) is 5.26 Å². The fraction of sp³-hybridized carbons (Fsp3) is 0.571. The maximum Gasteiger partial charge on any atom is 0.219 e. The Labute approximate surface area is 60.2 Å². The van der Waals surface area contributed by atoms with Gasteiger partial charge in [-0.05, 0) is 0 Å². The third-order valence-corrected chi connectivity index (χ3v) is 1.60. The molecule has 3 heteroatoms. The molecular weight excluding hydrogens is 128 g/mol. The molecule has 0 saturated carbocycles. The van der Waals surface area contributed by atoms with Crippen LogP contribution in [-0.4, -0.2) is 23.9 Å². The molecule has 0 N–H and O–H groups in total. The van der Waals surface area contributed by atoms with E-state index in [0.29, 0.717) is 19.5 Å². The Balaban J connectivity index is 2.19. The Hall–Kier alpha value is -1.04. The second-order valence-electron chi connectivity index (χ2n) is 2.46. The number of rotatable bonds is 1. The number of nitriles is 1. The van der Waals surface area contributed by atoms with E-state index in [9.17, 15) is 4.79 Å². The number of hydrogen-bond acceptors (Lipinski definition) is 2. The number of carbonyl (C=O) groups is 1. The van der Waals surface area contributed by atoms with Crippen molar-refractivity contribution in [3.63, 3.8) is 0 Å². The van der Waals surface area contributed by atoms with Crippen LogP contribution in [0, 0.1) is 17.2 Å². The van der Waals surface area contributed by atoms with Gasteiger partial charge in [0.15, 0.2) is 0 Å². The van der Waals surface area contributed by atoms with Crippen molar-refractivity contribution in [3.8, 4) is 6.07 Å². The third-order valence-electron chi connectivity index (χ3n) is 1.60. The second kappa shape index (κ2) is 2.70. The van der Waals surface area contributed by atoms with E-state index < -0.39 is 0 Å². The lowest BCUT2D eigenvalue weighted by Crippen LogP contribution is -2.47. The number of likely N-dealkylation sites (tertiary alicyclic amines) is 1. The molecule has 0 bridgehead atoms. The topological polar surface area (TPSA) is 44.1 Å². The Morgan fingerprint density at radius 3 is 2.80 bits per heavy atom. The molecule has 1 amide bonds. The van der Waals surface area contributed by atoms with Gasteiger partial charge in [0.25, 0.3) is 0 Å². The first-order valence-electron chi connectivity index (χ1n) is 3.20. The van der Waals surface area contributed by atoms with Crippen LogP contribution in [0.25, 0.3) is 0 Å². The molecule has 3 nitrogen and oxygen atoms in total. The zero-order valence-corrected chi connectivity index (χ0v) is 5.92. The molecule has 1 heterocycles. The Bertz CT molecular complexity index is 177. The summed E-state index contributed by atoms with van der Waals surface area (Å²) in [5.41, 5.74) is 0. The molecule has 0 unspecified atom stereocenters. The minimum Gasteiger partial charge on any atom is -0.342 e. The first-order valence-corrected chi connectivity index (χ1v) is 3.20. The van der Waals surface area contributed by atoms with Crippen LogP contribution >= 0.6 is 0 Å². The van der Waals surface area contributed by atoms with E-state index in [1.807, 2.05) is 0 Å². The molecule has 0 spiro atoms. The summed E-state index contributed by atoms with van der Waals surface area (Å²) in [7, 11) is 0. The summed E-state index contributed by atoms with van der Waals surface area (Å²) in [6.07, 6.45) is 0.504. The molecule has 1 radical (unpaired) electrons. The molecule has 0 aromatic heterocycles. The molecule has 1 saturated heterocycles. The smallest absolute Gasteiger partial charge is 0.219 e. The van der Waals surface area contributed by atoms with Crippen molar-refractivity contribution in [2.75, 3.05) is 13.1 Å². The summed E-state index contributed by atoms with van der Waals surface area (Å²) < 4.78 is 0. The standard InChI is InChI=1S/C7H9N2O/c1-6(10)9-4-7(5-9)2-3-8/h2,4-5H2,1H3. The third kappa shape index (κ3) is 1.27. The lowest BCUT2D eigenvalue weighted by molar-refractivity contribution is -0.131. The summed E-state index contributed by atoms with van der Waals surface area (Å²) in [4.78, 5) is 12.3. The molecule has 1 fully saturated rings. The van der Waals surface area contributed by atoms with Crippen LogP contribution in [0.15, 0.2) is 0 Å². The van der Waals surface area contributed by atoms with E-state index >= 15 is 0 Å². The van der Waals surface area contributed by atoms with Crippen molar-refractivity contribution < 1.29 is 4.79 Å². The Morgan fingerprint density at radius 2 is 2.40 bits per heavy atom. The van der Waals surface area contributed by atoms with E-state index in [1.54, 1.807) is 11.8 Å². The number of hydrogen-bond donors (Lipinski definition) is 0. The van der Waals surface area contributed by atoms with E-state index in [4.69, 9.17) is 5.26 Å². The predicted octanol–water partition coefficient (Wildman–Crippen LogP) is 0.337. The van der Waals surface area contributed by atoms with Gasteiger partial charge in [-0.15, -0.1) is 0 Å². The minimum atomic E-state index is 0.0988. The average molecular weight is 137 g/mol. The van der Waals surface area contributed by atoms with E-state index in [2.05, 4.69) is 6.07 Å². The van der Waals surface area contributed by atoms with E-state index in [0.717, 1.165) is 5.92 Å². The Kier molecular flexibility index (Phi) is 1.91. The molecule has 1 aliphatic rings. The van der Waals surface area contributed by atoms with Crippen LogP contribution in [0.4, 0.5) is 0 Å². The number of nitrogens with zero attached hydrogens (tertiary/aromatic N) is 2. The average Bonchev–Trinajstić information content (AvgIpc) is 1.76. The summed E-state index contributed by atoms with van der Waals surface area (Å²) >= 11 is 0. The fourth-order valence-corrected chi connectivity index (χ4v) is 0.940. The van der Waals surface area contributed by atoms with Crippen molar-refractivity contribution in [1.82, 2.24) is 4.90 Å². The van der Waals surface area contributed by atoms with Crippen LogP contribution < -0.4 is 0 Å². The van der Waals surface area contributed by atoms with Crippen LogP contribution in [0.1, 0.15) is 13.3 Å². The predicted molar refractivity (Wildman–Crippen MR) is 35.7 cm³/mol. The molecule has 1 aliphatic heterocycles. The van der Waals surface area contributed by atoms with Gasteiger partial charge in [-0.25, -0.2) is 0 Å². The van der Waals surface area contributed by atoms with E-state index in [-0.39, 0.29) is 5.91 Å². The molecule has 0 aliphatic carbocycles. The SMILES string of the molecule is CC(=O)N1C[C](CC#N)C1. The quantitative estimate of drug-likeness (QED) is 0.523. The summed E-state index contributed by atoms with van der Waals surface area (Å²) in [6, 6.07) is 2.05. The second-order valence-corrected chi connectivity index (χ2v) is 2.46. The largest absolute Gasteiger partial charge is 0.342 e. The summed E-state index contributed by atoms with van der Waals surface area (Å²) in [6.45, 7) is 2.94. The Morgan fingerprint density at radius 1 is 1.80 bits per heavy atom. The zero-order valence-electron chi connectivity index (χ0n) is 5.92. The molecule has 0 aromatic rings. The normalized spacial score (nSPS) is 17.8. The molecule has 1 rings (SSSR count). The van der Waals surface area contributed by atoms with Crippen LogP contribution in [-0.2, 0) is 4.79 Å². The van der Waals surface area contributed by atoms with Crippen LogP contribution in [0.2, 0.25) is 0 Å². The summed E-state index contributed by atoms with van der Waals surface area (Å²) in [5.74, 6) is 1.26. The molecule has 0 atom stereocenters. The highest BCUT2D eigenvalue weighted by molar-refractivity contribution is 5.75. The molecular formula is C7H9N2O. The summed E-state index contributed by atoms with van der Waals surface area (Å²) in [5, 5.41) is 8.25. The molecule has 0 aromatic carbocycles. The van der Waals surface area contributed by atoms with Gasteiger partial charge in [-0.1, -0.05) is 0 Å². The number of carbonyl (C=O) groups excluding carboxylic acids is 1. The molecule has 53 valence electrons. The highest BCUT2D eigenvalue weighted by Gasteiger charge is 2.28. The molecule has 10 heavy (non-hydrogen) atoms. The van der Waals surface area contributed by atoms with Gasteiger partial charge in [0, 0.05) is 32.4 Å². The van der Waals surface area contributed by atoms with Crippen LogP contribution in [0.3, 0.4) is 0 Å². The van der Waals surface area contributed by atoms with Gasteiger partial charge in [0.2, 0.25) is 5.91 Å². The number of amides is 1.